The lowest BCUT2D eigenvalue weighted by atomic mass is 10.0. The fourth-order valence-corrected chi connectivity index (χ4v) is 2.37. The van der Waals surface area contributed by atoms with Gasteiger partial charge in [0.15, 0.2) is 0 Å². The van der Waals surface area contributed by atoms with Gasteiger partial charge in [-0.3, -0.25) is 4.90 Å². The Bertz CT molecular complexity index is 362. The zero-order chi connectivity index (χ0) is 11.4. The van der Waals surface area contributed by atoms with Crippen molar-refractivity contribution in [1.29, 1.82) is 0 Å². The third kappa shape index (κ3) is 2.50. The minimum absolute atomic E-state index is 0.133. The fourth-order valence-electron chi connectivity index (χ4n) is 2.37. The van der Waals surface area contributed by atoms with E-state index in [-0.39, 0.29) is 6.04 Å². The number of aldehydes is 1. The van der Waals surface area contributed by atoms with E-state index in [1.54, 1.807) is 0 Å². The number of carbonyl (C=O) groups is 1. The Labute approximate surface area is 97.3 Å². The minimum atomic E-state index is 0.133. The highest BCUT2D eigenvalue weighted by atomic mass is 16.1. The van der Waals surface area contributed by atoms with Crippen LogP contribution in [-0.2, 0) is 11.3 Å². The fraction of sp³-hybridized carbons (Fsp3) is 0.500. The summed E-state index contributed by atoms with van der Waals surface area (Å²) in [5.41, 5.74) is 2.66. The first-order valence-electron chi connectivity index (χ1n) is 6.05. The maximum Gasteiger partial charge on any atom is 0.137 e. The molecular weight excluding hydrogens is 198 g/mol. The van der Waals surface area contributed by atoms with Crippen LogP contribution >= 0.6 is 0 Å². The van der Waals surface area contributed by atoms with E-state index in [4.69, 9.17) is 0 Å². The minimum Gasteiger partial charge on any atom is -0.302 e. The van der Waals surface area contributed by atoms with Crippen molar-refractivity contribution in [2.24, 2.45) is 0 Å². The van der Waals surface area contributed by atoms with Gasteiger partial charge in [0, 0.05) is 6.54 Å². The average molecular weight is 217 g/mol. The third-order valence-electron chi connectivity index (χ3n) is 3.46. The van der Waals surface area contributed by atoms with E-state index in [0.717, 1.165) is 25.8 Å². The van der Waals surface area contributed by atoms with Crippen LogP contribution in [0.3, 0.4) is 0 Å². The first kappa shape index (κ1) is 11.3. The van der Waals surface area contributed by atoms with Crippen molar-refractivity contribution < 1.29 is 4.79 Å². The first-order valence-corrected chi connectivity index (χ1v) is 6.05. The SMILES string of the molecule is Cc1ccccc1CN1CCCCC1C=O. The van der Waals surface area contributed by atoms with Crippen LogP contribution in [-0.4, -0.2) is 23.8 Å². The second-order valence-corrected chi connectivity index (χ2v) is 4.60. The highest BCUT2D eigenvalue weighted by molar-refractivity contribution is 5.57. The van der Waals surface area contributed by atoms with Crippen LogP contribution in [0, 0.1) is 6.92 Å². The Kier molecular flexibility index (Phi) is 3.73. The maximum atomic E-state index is 11.0. The molecular formula is C14H19NO. The lowest BCUT2D eigenvalue weighted by Crippen LogP contribution is -2.39. The van der Waals surface area contributed by atoms with E-state index in [1.165, 1.54) is 24.0 Å². The number of aryl methyl sites for hydroxylation is 1. The normalized spacial score (nSPS) is 21.9. The van der Waals surface area contributed by atoms with Crippen molar-refractivity contribution in [3.05, 3.63) is 35.4 Å². The number of likely N-dealkylation sites (tertiary alicyclic amines) is 1. The molecule has 0 aliphatic carbocycles. The molecule has 0 N–H and O–H groups in total. The first-order chi connectivity index (χ1) is 7.81. The van der Waals surface area contributed by atoms with Crippen molar-refractivity contribution in [1.82, 2.24) is 4.90 Å². The van der Waals surface area contributed by atoms with E-state index >= 15 is 0 Å². The lowest BCUT2D eigenvalue weighted by Gasteiger charge is -2.32. The predicted octanol–water partition coefficient (Wildman–Crippen LogP) is 2.55. The second kappa shape index (κ2) is 5.26. The topological polar surface area (TPSA) is 20.3 Å². The molecule has 1 heterocycles. The molecule has 1 unspecified atom stereocenters. The van der Waals surface area contributed by atoms with Crippen molar-refractivity contribution >= 4 is 6.29 Å². The van der Waals surface area contributed by atoms with Crippen LogP contribution in [0.25, 0.3) is 0 Å². The van der Waals surface area contributed by atoms with Crippen molar-refractivity contribution in [2.75, 3.05) is 6.54 Å². The number of benzene rings is 1. The summed E-state index contributed by atoms with van der Waals surface area (Å²) in [6.45, 7) is 4.10. The molecule has 16 heavy (non-hydrogen) atoms. The van der Waals surface area contributed by atoms with E-state index in [0.29, 0.717) is 0 Å². The molecule has 0 spiro atoms. The molecule has 2 heteroatoms. The van der Waals surface area contributed by atoms with Crippen LogP contribution in [0.2, 0.25) is 0 Å². The molecule has 1 aliphatic rings. The largest absolute Gasteiger partial charge is 0.302 e. The Morgan fingerprint density at radius 2 is 2.19 bits per heavy atom. The van der Waals surface area contributed by atoms with E-state index in [2.05, 4.69) is 36.1 Å². The number of carbonyl (C=O) groups excluding carboxylic acids is 1. The molecule has 2 nitrogen and oxygen atoms in total. The quantitative estimate of drug-likeness (QED) is 0.725. The molecule has 1 saturated heterocycles. The van der Waals surface area contributed by atoms with Gasteiger partial charge in [-0.2, -0.15) is 0 Å². The van der Waals surface area contributed by atoms with Crippen molar-refractivity contribution in [2.45, 2.75) is 38.8 Å². The lowest BCUT2D eigenvalue weighted by molar-refractivity contribution is -0.113. The van der Waals surface area contributed by atoms with Crippen molar-refractivity contribution in [3.8, 4) is 0 Å². The van der Waals surface area contributed by atoms with Gasteiger partial charge in [0.05, 0.1) is 6.04 Å². The van der Waals surface area contributed by atoms with Crippen LogP contribution in [0.5, 0.6) is 0 Å². The molecule has 1 atom stereocenters. The van der Waals surface area contributed by atoms with E-state index in [9.17, 15) is 4.79 Å². The molecule has 0 bridgehead atoms. The Morgan fingerprint density at radius 3 is 2.94 bits per heavy atom. The number of piperidine rings is 1. The third-order valence-corrected chi connectivity index (χ3v) is 3.46. The zero-order valence-electron chi connectivity index (χ0n) is 9.86. The maximum absolute atomic E-state index is 11.0. The summed E-state index contributed by atoms with van der Waals surface area (Å²) < 4.78 is 0. The summed E-state index contributed by atoms with van der Waals surface area (Å²) in [6, 6.07) is 8.56. The molecule has 1 aromatic rings. The molecule has 0 saturated carbocycles. The summed E-state index contributed by atoms with van der Waals surface area (Å²) >= 11 is 0. The van der Waals surface area contributed by atoms with E-state index < -0.39 is 0 Å². The molecule has 86 valence electrons. The van der Waals surface area contributed by atoms with Gasteiger partial charge >= 0.3 is 0 Å². The Hall–Kier alpha value is -1.15. The van der Waals surface area contributed by atoms with Gasteiger partial charge in [-0.05, 0) is 37.4 Å². The molecule has 0 amide bonds. The molecule has 1 fully saturated rings. The molecule has 0 aromatic heterocycles. The van der Waals surface area contributed by atoms with Gasteiger partial charge in [0.1, 0.15) is 6.29 Å². The molecule has 2 rings (SSSR count). The molecule has 0 radical (unpaired) electrons. The highest BCUT2D eigenvalue weighted by Gasteiger charge is 2.21. The van der Waals surface area contributed by atoms with Gasteiger partial charge < -0.3 is 4.79 Å². The van der Waals surface area contributed by atoms with Crippen LogP contribution < -0.4 is 0 Å². The number of rotatable bonds is 3. The number of hydrogen-bond donors (Lipinski definition) is 0. The van der Waals surface area contributed by atoms with Crippen LogP contribution in [0.15, 0.2) is 24.3 Å². The summed E-state index contributed by atoms with van der Waals surface area (Å²) in [7, 11) is 0. The Morgan fingerprint density at radius 1 is 1.38 bits per heavy atom. The standard InChI is InChI=1S/C14H19NO/c1-12-6-2-3-7-13(12)10-15-9-5-4-8-14(15)11-16/h2-3,6-7,11,14H,4-5,8-10H2,1H3. The number of nitrogens with zero attached hydrogens (tertiary/aromatic N) is 1. The zero-order valence-corrected chi connectivity index (χ0v) is 9.86. The summed E-state index contributed by atoms with van der Waals surface area (Å²) in [4.78, 5) is 13.3. The summed E-state index contributed by atoms with van der Waals surface area (Å²) in [6.07, 6.45) is 4.54. The van der Waals surface area contributed by atoms with Gasteiger partial charge in [-0.1, -0.05) is 30.7 Å². The van der Waals surface area contributed by atoms with Gasteiger partial charge in [0.2, 0.25) is 0 Å². The summed E-state index contributed by atoms with van der Waals surface area (Å²) in [5.74, 6) is 0. The number of hydrogen-bond acceptors (Lipinski definition) is 2. The van der Waals surface area contributed by atoms with Gasteiger partial charge in [0.25, 0.3) is 0 Å². The smallest absolute Gasteiger partial charge is 0.137 e. The van der Waals surface area contributed by atoms with Crippen molar-refractivity contribution in [3.63, 3.8) is 0 Å². The van der Waals surface area contributed by atoms with Crippen LogP contribution in [0.1, 0.15) is 30.4 Å². The Balaban J connectivity index is 2.08. The highest BCUT2D eigenvalue weighted by Crippen LogP contribution is 2.19. The predicted molar refractivity (Wildman–Crippen MR) is 65.3 cm³/mol. The second-order valence-electron chi connectivity index (χ2n) is 4.60. The van der Waals surface area contributed by atoms with Gasteiger partial charge in [-0.15, -0.1) is 0 Å². The van der Waals surface area contributed by atoms with E-state index in [1.807, 2.05) is 0 Å². The van der Waals surface area contributed by atoms with Gasteiger partial charge in [-0.25, -0.2) is 0 Å². The van der Waals surface area contributed by atoms with Crippen LogP contribution in [0.4, 0.5) is 0 Å². The average Bonchev–Trinajstić information content (AvgIpc) is 2.33. The summed E-state index contributed by atoms with van der Waals surface area (Å²) in [5, 5.41) is 0. The molecule has 1 aliphatic heterocycles. The molecule has 1 aromatic carbocycles. The monoisotopic (exact) mass is 217 g/mol.